The van der Waals surface area contributed by atoms with Gasteiger partial charge in [-0.3, -0.25) is 0 Å². The zero-order valence-electron chi connectivity index (χ0n) is 11.5. The highest BCUT2D eigenvalue weighted by Crippen LogP contribution is 2.09. The van der Waals surface area contributed by atoms with Gasteiger partial charge in [-0.25, -0.2) is 0 Å². The minimum absolute atomic E-state index is 0.673. The van der Waals surface area contributed by atoms with Crippen molar-refractivity contribution >= 4 is 0 Å². The highest BCUT2D eigenvalue weighted by atomic mass is 15.1. The van der Waals surface area contributed by atoms with Crippen molar-refractivity contribution in [3.63, 3.8) is 0 Å². The number of hydrogen-bond acceptors (Lipinski definition) is 2. The van der Waals surface area contributed by atoms with Crippen LogP contribution in [0, 0.1) is 5.92 Å². The largest absolute Gasteiger partial charge is 0.313 e. The molecule has 2 heteroatoms. The number of rotatable bonds is 6. The molecule has 0 aliphatic carbocycles. The van der Waals surface area contributed by atoms with Crippen LogP contribution in [-0.4, -0.2) is 37.1 Å². The predicted octanol–water partition coefficient (Wildman–Crippen LogP) is 2.89. The fraction of sp³-hybridized carbons (Fsp3) is 1.00. The fourth-order valence-electron chi connectivity index (χ4n) is 2.62. The standard InChI is InChI=1S/C14H30N2/c1-13(2)12-14(3)15-8-11-16-9-6-4-5-7-10-16/h13-15H,4-12H2,1-3H3. The van der Waals surface area contributed by atoms with Crippen LogP contribution in [0.1, 0.15) is 52.9 Å². The van der Waals surface area contributed by atoms with Gasteiger partial charge in [-0.2, -0.15) is 0 Å². The summed E-state index contributed by atoms with van der Waals surface area (Å²) in [7, 11) is 0. The summed E-state index contributed by atoms with van der Waals surface area (Å²) < 4.78 is 0. The van der Waals surface area contributed by atoms with Gasteiger partial charge in [0.15, 0.2) is 0 Å². The molecule has 0 saturated carbocycles. The van der Waals surface area contributed by atoms with Crippen molar-refractivity contribution in [3.8, 4) is 0 Å². The summed E-state index contributed by atoms with van der Waals surface area (Å²) in [4.78, 5) is 2.63. The highest BCUT2D eigenvalue weighted by molar-refractivity contribution is 4.67. The van der Waals surface area contributed by atoms with Crippen LogP contribution >= 0.6 is 0 Å². The molecular weight excluding hydrogens is 196 g/mol. The lowest BCUT2D eigenvalue weighted by Crippen LogP contribution is -2.36. The Bertz CT molecular complexity index is 160. The molecule has 1 aliphatic rings. The Hall–Kier alpha value is -0.0800. The predicted molar refractivity (Wildman–Crippen MR) is 71.8 cm³/mol. The quantitative estimate of drug-likeness (QED) is 0.749. The van der Waals surface area contributed by atoms with Crippen LogP contribution in [0.2, 0.25) is 0 Å². The van der Waals surface area contributed by atoms with Crippen molar-refractivity contribution in [1.82, 2.24) is 10.2 Å². The lowest BCUT2D eigenvalue weighted by Gasteiger charge is -2.22. The molecule has 1 N–H and O–H groups in total. The molecule has 1 rings (SSSR count). The maximum absolute atomic E-state index is 3.64. The van der Waals surface area contributed by atoms with Gasteiger partial charge in [-0.15, -0.1) is 0 Å². The van der Waals surface area contributed by atoms with E-state index in [4.69, 9.17) is 0 Å². The van der Waals surface area contributed by atoms with Crippen LogP contribution in [0.3, 0.4) is 0 Å². The molecule has 1 atom stereocenters. The second-order valence-corrected chi connectivity index (χ2v) is 5.74. The SMILES string of the molecule is CC(C)CC(C)NCCN1CCCCCC1. The molecule has 0 aromatic carbocycles. The van der Waals surface area contributed by atoms with Crippen LogP contribution in [0.4, 0.5) is 0 Å². The lowest BCUT2D eigenvalue weighted by atomic mass is 10.1. The van der Waals surface area contributed by atoms with E-state index < -0.39 is 0 Å². The first kappa shape index (κ1) is 14.0. The molecule has 1 unspecified atom stereocenters. The van der Waals surface area contributed by atoms with Crippen molar-refractivity contribution in [1.29, 1.82) is 0 Å². The second-order valence-electron chi connectivity index (χ2n) is 5.74. The van der Waals surface area contributed by atoms with E-state index >= 15 is 0 Å². The van der Waals surface area contributed by atoms with Crippen molar-refractivity contribution in [2.75, 3.05) is 26.2 Å². The van der Waals surface area contributed by atoms with Gasteiger partial charge >= 0.3 is 0 Å². The molecule has 0 aromatic heterocycles. The third-order valence-electron chi connectivity index (χ3n) is 3.44. The summed E-state index contributed by atoms with van der Waals surface area (Å²) in [6.07, 6.45) is 6.98. The summed E-state index contributed by atoms with van der Waals surface area (Å²) >= 11 is 0. The van der Waals surface area contributed by atoms with E-state index in [1.165, 1.54) is 51.7 Å². The molecule has 1 saturated heterocycles. The van der Waals surface area contributed by atoms with Gasteiger partial charge in [0, 0.05) is 19.1 Å². The molecule has 1 fully saturated rings. The average molecular weight is 226 g/mol. The summed E-state index contributed by atoms with van der Waals surface area (Å²) in [6.45, 7) is 11.9. The van der Waals surface area contributed by atoms with Crippen molar-refractivity contribution < 1.29 is 0 Å². The average Bonchev–Trinajstić information content (AvgIpc) is 2.45. The van der Waals surface area contributed by atoms with Crippen LogP contribution in [0.5, 0.6) is 0 Å². The highest BCUT2D eigenvalue weighted by Gasteiger charge is 2.09. The molecule has 0 aromatic rings. The van der Waals surface area contributed by atoms with Crippen LogP contribution in [0.25, 0.3) is 0 Å². The van der Waals surface area contributed by atoms with Crippen LogP contribution in [-0.2, 0) is 0 Å². The third-order valence-corrected chi connectivity index (χ3v) is 3.44. The summed E-state index contributed by atoms with van der Waals surface area (Å²) in [5, 5.41) is 3.64. The zero-order chi connectivity index (χ0) is 11.8. The number of nitrogens with zero attached hydrogens (tertiary/aromatic N) is 1. The second kappa shape index (κ2) is 8.08. The molecule has 2 nitrogen and oxygen atoms in total. The lowest BCUT2D eigenvalue weighted by molar-refractivity contribution is 0.277. The monoisotopic (exact) mass is 226 g/mol. The van der Waals surface area contributed by atoms with Crippen LogP contribution < -0.4 is 5.32 Å². The van der Waals surface area contributed by atoms with Gasteiger partial charge in [-0.05, 0) is 45.2 Å². The molecule has 1 aliphatic heterocycles. The topological polar surface area (TPSA) is 15.3 Å². The van der Waals surface area contributed by atoms with E-state index in [0.29, 0.717) is 6.04 Å². The Morgan fingerprint density at radius 1 is 1.00 bits per heavy atom. The molecule has 0 bridgehead atoms. The smallest absolute Gasteiger partial charge is 0.0107 e. The molecule has 96 valence electrons. The number of nitrogens with one attached hydrogen (secondary N) is 1. The molecule has 0 spiro atoms. The number of likely N-dealkylation sites (tertiary alicyclic amines) is 1. The molecule has 16 heavy (non-hydrogen) atoms. The number of hydrogen-bond donors (Lipinski definition) is 1. The first-order chi connectivity index (χ1) is 7.68. The van der Waals surface area contributed by atoms with Gasteiger partial charge in [0.05, 0.1) is 0 Å². The summed E-state index contributed by atoms with van der Waals surface area (Å²) in [6, 6.07) is 0.673. The summed E-state index contributed by atoms with van der Waals surface area (Å²) in [5.74, 6) is 0.806. The van der Waals surface area contributed by atoms with E-state index in [9.17, 15) is 0 Å². The first-order valence-electron chi connectivity index (χ1n) is 7.14. The van der Waals surface area contributed by atoms with E-state index in [0.717, 1.165) is 12.5 Å². The minimum atomic E-state index is 0.673. The maximum Gasteiger partial charge on any atom is 0.0107 e. The minimum Gasteiger partial charge on any atom is -0.313 e. The van der Waals surface area contributed by atoms with E-state index in [2.05, 4.69) is 31.0 Å². The van der Waals surface area contributed by atoms with Gasteiger partial charge in [-0.1, -0.05) is 26.7 Å². The Morgan fingerprint density at radius 2 is 1.62 bits per heavy atom. The molecular formula is C14H30N2. The van der Waals surface area contributed by atoms with Crippen LogP contribution in [0.15, 0.2) is 0 Å². The van der Waals surface area contributed by atoms with Crippen molar-refractivity contribution in [3.05, 3.63) is 0 Å². The van der Waals surface area contributed by atoms with E-state index in [-0.39, 0.29) is 0 Å². The Kier molecular flexibility index (Phi) is 7.06. The Morgan fingerprint density at radius 3 is 2.19 bits per heavy atom. The third kappa shape index (κ3) is 6.49. The van der Waals surface area contributed by atoms with Gasteiger partial charge in [0.1, 0.15) is 0 Å². The van der Waals surface area contributed by atoms with Crippen molar-refractivity contribution in [2.24, 2.45) is 5.92 Å². The first-order valence-corrected chi connectivity index (χ1v) is 7.14. The normalized spacial score (nSPS) is 21.0. The zero-order valence-corrected chi connectivity index (χ0v) is 11.5. The Labute approximate surface area is 102 Å². The molecule has 0 amide bonds. The van der Waals surface area contributed by atoms with E-state index in [1.807, 2.05) is 0 Å². The maximum atomic E-state index is 3.64. The Balaban J connectivity index is 2.04. The molecule has 0 radical (unpaired) electrons. The van der Waals surface area contributed by atoms with Gasteiger partial charge in [0.2, 0.25) is 0 Å². The van der Waals surface area contributed by atoms with E-state index in [1.54, 1.807) is 0 Å². The van der Waals surface area contributed by atoms with Gasteiger partial charge in [0.25, 0.3) is 0 Å². The fourth-order valence-corrected chi connectivity index (χ4v) is 2.62. The summed E-state index contributed by atoms with van der Waals surface area (Å²) in [5.41, 5.74) is 0. The molecule has 1 heterocycles. The van der Waals surface area contributed by atoms with Crippen molar-refractivity contribution in [2.45, 2.75) is 58.9 Å². The van der Waals surface area contributed by atoms with Gasteiger partial charge < -0.3 is 10.2 Å².